The molecular formula is C22H28N2O5. The van der Waals surface area contributed by atoms with Crippen molar-refractivity contribution in [3.63, 3.8) is 0 Å². The minimum absolute atomic E-state index is 0.202. The fraction of sp³-hybridized carbons (Fsp3) is 0.500. The number of ether oxygens (including phenoxy) is 2. The Bertz CT molecular complexity index is 793. The molecule has 2 atom stereocenters. The van der Waals surface area contributed by atoms with Gasteiger partial charge in [-0.1, -0.05) is 18.2 Å². The second kappa shape index (κ2) is 9.11. The van der Waals surface area contributed by atoms with Crippen molar-refractivity contribution in [1.29, 1.82) is 0 Å². The number of likely N-dealkylation sites (N-methyl/N-ethyl adjacent to an activating group) is 1. The molecule has 1 aromatic rings. The molecule has 2 aliphatic rings. The average molecular weight is 400 g/mol. The van der Waals surface area contributed by atoms with Gasteiger partial charge in [-0.3, -0.25) is 19.3 Å². The van der Waals surface area contributed by atoms with E-state index in [0.29, 0.717) is 44.0 Å². The maximum absolute atomic E-state index is 12.9. The number of benzene rings is 1. The third kappa shape index (κ3) is 4.28. The van der Waals surface area contributed by atoms with E-state index in [4.69, 9.17) is 9.47 Å². The van der Waals surface area contributed by atoms with Gasteiger partial charge in [-0.2, -0.15) is 0 Å². The molecule has 7 nitrogen and oxygen atoms in total. The third-order valence-electron chi connectivity index (χ3n) is 5.53. The lowest BCUT2D eigenvalue weighted by Gasteiger charge is -2.24. The summed E-state index contributed by atoms with van der Waals surface area (Å²) < 4.78 is 10.9. The fourth-order valence-corrected chi connectivity index (χ4v) is 3.94. The Balaban J connectivity index is 1.68. The maximum Gasteiger partial charge on any atom is 0.243 e. The molecule has 2 unspecified atom stereocenters. The molecule has 0 saturated carbocycles. The monoisotopic (exact) mass is 400 g/mol. The number of likely N-dealkylation sites (tertiary alicyclic amines) is 1. The number of carbonyl (C=O) groups excluding carboxylic acids is 3. The minimum atomic E-state index is -0.314. The molecule has 1 aliphatic carbocycles. The molecule has 0 spiro atoms. The first-order chi connectivity index (χ1) is 14.0. The van der Waals surface area contributed by atoms with Gasteiger partial charge in [-0.05, 0) is 44.4 Å². The Labute approximate surface area is 171 Å². The molecule has 7 heteroatoms. The number of amides is 3. The van der Waals surface area contributed by atoms with Crippen molar-refractivity contribution in [2.24, 2.45) is 11.8 Å². The lowest BCUT2D eigenvalue weighted by atomic mass is 9.85. The van der Waals surface area contributed by atoms with Crippen LogP contribution in [0.3, 0.4) is 0 Å². The maximum atomic E-state index is 12.9. The van der Waals surface area contributed by atoms with Gasteiger partial charge in [0, 0.05) is 13.1 Å². The summed E-state index contributed by atoms with van der Waals surface area (Å²) in [6.45, 7) is 4.94. The SMILES string of the molecule is CCOc1ccc(CN(CC)C(=O)CN2C(=O)C3CC=CCC3C2=O)cc1OC. The molecule has 3 rings (SSSR count). The molecule has 1 heterocycles. The Morgan fingerprint density at radius 2 is 1.76 bits per heavy atom. The zero-order chi connectivity index (χ0) is 21.0. The van der Waals surface area contributed by atoms with Crippen LogP contribution in [0.4, 0.5) is 0 Å². The second-order valence-electron chi connectivity index (χ2n) is 7.24. The summed E-state index contributed by atoms with van der Waals surface area (Å²) >= 11 is 0. The van der Waals surface area contributed by atoms with Crippen molar-refractivity contribution in [3.8, 4) is 11.5 Å². The standard InChI is InChI=1S/C22H28N2O5/c1-4-23(13-15-10-11-18(29-5-2)19(12-15)28-3)20(25)14-24-21(26)16-8-6-7-9-17(16)22(24)27/h6-7,10-12,16-17H,4-5,8-9,13-14H2,1-3H3. The van der Waals surface area contributed by atoms with Gasteiger partial charge >= 0.3 is 0 Å². The van der Waals surface area contributed by atoms with Crippen molar-refractivity contribution in [2.45, 2.75) is 33.2 Å². The number of nitrogens with zero attached hydrogens (tertiary/aromatic N) is 2. The molecule has 1 aliphatic heterocycles. The Morgan fingerprint density at radius 3 is 2.31 bits per heavy atom. The van der Waals surface area contributed by atoms with Crippen LogP contribution in [0, 0.1) is 11.8 Å². The second-order valence-corrected chi connectivity index (χ2v) is 7.24. The molecule has 0 aromatic heterocycles. The first kappa shape index (κ1) is 20.9. The van der Waals surface area contributed by atoms with Crippen LogP contribution in [-0.4, -0.2) is 54.3 Å². The van der Waals surface area contributed by atoms with E-state index in [-0.39, 0.29) is 36.1 Å². The highest BCUT2D eigenvalue weighted by atomic mass is 16.5. The molecule has 1 fully saturated rings. The normalized spacial score (nSPS) is 20.6. The van der Waals surface area contributed by atoms with E-state index in [9.17, 15) is 14.4 Å². The van der Waals surface area contributed by atoms with Crippen LogP contribution in [0.5, 0.6) is 11.5 Å². The predicted molar refractivity (Wildman–Crippen MR) is 107 cm³/mol. The number of rotatable bonds is 8. The lowest BCUT2D eigenvalue weighted by Crippen LogP contribution is -2.42. The van der Waals surface area contributed by atoms with E-state index in [1.807, 2.05) is 44.2 Å². The van der Waals surface area contributed by atoms with E-state index in [0.717, 1.165) is 10.5 Å². The summed E-state index contributed by atoms with van der Waals surface area (Å²) in [5, 5.41) is 0. The van der Waals surface area contributed by atoms with Crippen molar-refractivity contribution < 1.29 is 23.9 Å². The quantitative estimate of drug-likeness (QED) is 0.495. The van der Waals surface area contributed by atoms with Gasteiger partial charge < -0.3 is 14.4 Å². The summed E-state index contributed by atoms with van der Waals surface area (Å²) in [6, 6.07) is 5.55. The number of methoxy groups -OCH3 is 1. The number of fused-ring (bicyclic) bond motifs is 1. The van der Waals surface area contributed by atoms with Crippen molar-refractivity contribution in [1.82, 2.24) is 9.80 Å². The van der Waals surface area contributed by atoms with Crippen LogP contribution in [0.25, 0.3) is 0 Å². The number of hydrogen-bond donors (Lipinski definition) is 0. The molecule has 0 bridgehead atoms. The molecule has 3 amide bonds. The van der Waals surface area contributed by atoms with Crippen molar-refractivity contribution in [2.75, 3.05) is 26.8 Å². The first-order valence-corrected chi connectivity index (χ1v) is 10.1. The molecular weight excluding hydrogens is 372 g/mol. The molecule has 1 aromatic carbocycles. The van der Waals surface area contributed by atoms with Crippen LogP contribution in [0.2, 0.25) is 0 Å². The zero-order valence-corrected chi connectivity index (χ0v) is 17.2. The van der Waals surface area contributed by atoms with Crippen LogP contribution >= 0.6 is 0 Å². The fourth-order valence-electron chi connectivity index (χ4n) is 3.94. The molecule has 1 saturated heterocycles. The smallest absolute Gasteiger partial charge is 0.243 e. The van der Waals surface area contributed by atoms with Crippen molar-refractivity contribution in [3.05, 3.63) is 35.9 Å². The molecule has 29 heavy (non-hydrogen) atoms. The van der Waals surface area contributed by atoms with Gasteiger partial charge in [0.25, 0.3) is 0 Å². The lowest BCUT2D eigenvalue weighted by molar-refractivity contribution is -0.146. The Kier molecular flexibility index (Phi) is 6.56. The van der Waals surface area contributed by atoms with Crippen molar-refractivity contribution >= 4 is 17.7 Å². The van der Waals surface area contributed by atoms with Gasteiger partial charge in [0.05, 0.1) is 25.6 Å². The zero-order valence-electron chi connectivity index (χ0n) is 17.2. The highest BCUT2D eigenvalue weighted by Gasteiger charge is 2.47. The number of hydrogen-bond acceptors (Lipinski definition) is 5. The van der Waals surface area contributed by atoms with E-state index < -0.39 is 0 Å². The Morgan fingerprint density at radius 1 is 1.10 bits per heavy atom. The first-order valence-electron chi connectivity index (χ1n) is 10.1. The van der Waals surface area contributed by atoms with Crippen LogP contribution in [0.15, 0.2) is 30.4 Å². The van der Waals surface area contributed by atoms with Gasteiger partial charge in [0.15, 0.2) is 11.5 Å². The minimum Gasteiger partial charge on any atom is -0.493 e. The van der Waals surface area contributed by atoms with Gasteiger partial charge in [-0.15, -0.1) is 0 Å². The summed E-state index contributed by atoms with van der Waals surface area (Å²) in [4.78, 5) is 40.9. The largest absolute Gasteiger partial charge is 0.493 e. The Hall–Kier alpha value is -2.83. The summed E-state index contributed by atoms with van der Waals surface area (Å²) in [5.74, 6) is -0.0648. The van der Waals surface area contributed by atoms with E-state index >= 15 is 0 Å². The van der Waals surface area contributed by atoms with Gasteiger partial charge in [-0.25, -0.2) is 0 Å². The number of carbonyl (C=O) groups is 3. The van der Waals surface area contributed by atoms with Gasteiger partial charge in [0.1, 0.15) is 6.54 Å². The van der Waals surface area contributed by atoms with Crippen LogP contribution < -0.4 is 9.47 Å². The van der Waals surface area contributed by atoms with Crippen LogP contribution in [-0.2, 0) is 20.9 Å². The summed E-state index contributed by atoms with van der Waals surface area (Å²) in [7, 11) is 1.57. The van der Waals surface area contributed by atoms with Crippen LogP contribution in [0.1, 0.15) is 32.3 Å². The van der Waals surface area contributed by atoms with E-state index in [2.05, 4.69) is 0 Å². The number of imide groups is 1. The predicted octanol–water partition coefficient (Wildman–Crippen LogP) is 2.39. The van der Waals surface area contributed by atoms with E-state index in [1.54, 1.807) is 12.0 Å². The molecule has 0 N–H and O–H groups in total. The average Bonchev–Trinajstić information content (AvgIpc) is 2.98. The molecule has 156 valence electrons. The third-order valence-corrected chi connectivity index (χ3v) is 5.53. The van der Waals surface area contributed by atoms with E-state index in [1.165, 1.54) is 0 Å². The summed E-state index contributed by atoms with van der Waals surface area (Å²) in [6.07, 6.45) is 5.03. The highest BCUT2D eigenvalue weighted by molar-refractivity contribution is 6.07. The topological polar surface area (TPSA) is 76.2 Å². The molecule has 0 radical (unpaired) electrons. The summed E-state index contributed by atoms with van der Waals surface area (Å²) in [5.41, 5.74) is 0.887. The highest BCUT2D eigenvalue weighted by Crippen LogP contribution is 2.35. The number of allylic oxidation sites excluding steroid dienone is 2. The van der Waals surface area contributed by atoms with Gasteiger partial charge in [0.2, 0.25) is 17.7 Å².